The number of quaternary nitrogens is 1. The van der Waals surface area contributed by atoms with Crippen LogP contribution in [-0.4, -0.2) is 73.4 Å². The van der Waals surface area contributed by atoms with Crippen LogP contribution in [0.2, 0.25) is 0 Å². The summed E-state index contributed by atoms with van der Waals surface area (Å²) < 4.78 is 23.4. The molecule has 8 nitrogen and oxygen atoms in total. The molecule has 0 saturated carbocycles. The van der Waals surface area contributed by atoms with Crippen molar-refractivity contribution in [1.82, 2.24) is 5.32 Å². The molecule has 0 aromatic heterocycles. The van der Waals surface area contributed by atoms with E-state index in [1.807, 2.05) is 27.2 Å². The van der Waals surface area contributed by atoms with Crippen LogP contribution in [0.5, 0.6) is 0 Å². The second-order valence-electron chi connectivity index (χ2n) is 14.0. The van der Waals surface area contributed by atoms with E-state index >= 15 is 0 Å². The van der Waals surface area contributed by atoms with Crippen LogP contribution in [0, 0.1) is 0 Å². The van der Waals surface area contributed by atoms with Crippen molar-refractivity contribution < 1.29 is 32.9 Å². The number of nitrogens with one attached hydrogen (secondary N) is 1. The lowest BCUT2D eigenvalue weighted by molar-refractivity contribution is -0.870. The first-order chi connectivity index (χ1) is 21.5. The fraction of sp³-hybridized carbons (Fsp3) is 0.917. The molecule has 0 aromatic carbocycles. The Balaban J connectivity index is 4.56. The molecular formula is C36H74N2O6P+. The van der Waals surface area contributed by atoms with Gasteiger partial charge in [-0.3, -0.25) is 13.8 Å². The molecule has 268 valence electrons. The summed E-state index contributed by atoms with van der Waals surface area (Å²) in [5.74, 6) is -0.181. The predicted octanol–water partition coefficient (Wildman–Crippen LogP) is 9.24. The molecule has 1 amide bonds. The van der Waals surface area contributed by atoms with Crippen LogP contribution in [0.4, 0.5) is 0 Å². The molecule has 0 aromatic rings. The maximum Gasteiger partial charge on any atom is 0.472 e. The van der Waals surface area contributed by atoms with Gasteiger partial charge < -0.3 is 19.8 Å². The predicted molar refractivity (Wildman–Crippen MR) is 189 cm³/mol. The summed E-state index contributed by atoms with van der Waals surface area (Å²) in [6.07, 6.45) is 29.8. The highest BCUT2D eigenvalue weighted by Crippen LogP contribution is 2.43. The summed E-state index contributed by atoms with van der Waals surface area (Å²) in [4.78, 5) is 22.9. The van der Waals surface area contributed by atoms with E-state index in [1.165, 1.54) is 103 Å². The Hall–Kier alpha value is -0.760. The van der Waals surface area contributed by atoms with E-state index in [-0.39, 0.29) is 19.1 Å². The molecule has 0 radical (unpaired) electrons. The van der Waals surface area contributed by atoms with Crippen LogP contribution in [0.3, 0.4) is 0 Å². The van der Waals surface area contributed by atoms with Gasteiger partial charge in [0.25, 0.3) is 0 Å². The van der Waals surface area contributed by atoms with E-state index in [1.54, 1.807) is 6.08 Å². The second-order valence-corrected chi connectivity index (χ2v) is 15.4. The zero-order valence-electron chi connectivity index (χ0n) is 30.1. The van der Waals surface area contributed by atoms with Gasteiger partial charge in [-0.15, -0.1) is 0 Å². The number of phosphoric ester groups is 1. The number of aliphatic hydroxyl groups is 1. The van der Waals surface area contributed by atoms with Gasteiger partial charge in [-0.05, 0) is 19.3 Å². The molecule has 0 fully saturated rings. The SMILES string of the molecule is CCCCCCCCCCCCC/C=C/C(O)C(COP(=O)(O)OCC[N+](C)(C)C)NC(=O)CCCCCCCCCCCC. The first-order valence-electron chi connectivity index (χ1n) is 18.6. The van der Waals surface area contributed by atoms with Crippen molar-refractivity contribution in [1.29, 1.82) is 0 Å². The fourth-order valence-corrected chi connectivity index (χ4v) is 5.95. The first kappa shape index (κ1) is 44.2. The van der Waals surface area contributed by atoms with Gasteiger partial charge in [0.1, 0.15) is 13.2 Å². The molecule has 0 saturated heterocycles. The molecule has 3 unspecified atom stereocenters. The zero-order chi connectivity index (χ0) is 33.7. The van der Waals surface area contributed by atoms with E-state index in [0.29, 0.717) is 17.4 Å². The van der Waals surface area contributed by atoms with Crippen LogP contribution >= 0.6 is 7.82 Å². The number of amides is 1. The Morgan fingerprint density at radius 3 is 1.64 bits per heavy atom. The van der Waals surface area contributed by atoms with Crippen LogP contribution in [0.1, 0.15) is 162 Å². The molecular weight excluding hydrogens is 587 g/mol. The molecule has 0 rings (SSSR count). The Kier molecular flexibility index (Phi) is 28.9. The number of carbonyl (C=O) groups is 1. The van der Waals surface area contributed by atoms with E-state index < -0.39 is 20.0 Å². The number of nitrogens with zero attached hydrogens (tertiary/aromatic N) is 1. The number of carbonyl (C=O) groups excluding carboxylic acids is 1. The van der Waals surface area contributed by atoms with Crippen LogP contribution in [0.25, 0.3) is 0 Å². The molecule has 9 heteroatoms. The molecule has 0 aliphatic carbocycles. The molecule has 0 bridgehead atoms. The maximum absolute atomic E-state index is 12.7. The lowest BCUT2D eigenvalue weighted by Gasteiger charge is -2.25. The fourth-order valence-electron chi connectivity index (χ4n) is 5.22. The largest absolute Gasteiger partial charge is 0.472 e. The van der Waals surface area contributed by atoms with Gasteiger partial charge in [-0.1, -0.05) is 148 Å². The van der Waals surface area contributed by atoms with Crippen molar-refractivity contribution in [3.05, 3.63) is 12.2 Å². The quantitative estimate of drug-likeness (QED) is 0.0280. The normalized spacial score (nSPS) is 14.9. The Bertz CT molecular complexity index is 758. The smallest absolute Gasteiger partial charge is 0.387 e. The average Bonchev–Trinajstić information content (AvgIpc) is 2.97. The highest BCUT2D eigenvalue weighted by atomic mass is 31.2. The lowest BCUT2D eigenvalue weighted by atomic mass is 10.0. The summed E-state index contributed by atoms with van der Waals surface area (Å²) >= 11 is 0. The number of unbranched alkanes of at least 4 members (excludes halogenated alkanes) is 20. The molecule has 0 aliphatic rings. The van der Waals surface area contributed by atoms with Crippen LogP contribution < -0.4 is 5.32 Å². The second kappa shape index (κ2) is 29.4. The third-order valence-corrected chi connectivity index (χ3v) is 9.24. The van der Waals surface area contributed by atoms with Gasteiger partial charge in [0.15, 0.2) is 0 Å². The van der Waals surface area contributed by atoms with Gasteiger partial charge in [0, 0.05) is 6.42 Å². The number of hydrogen-bond donors (Lipinski definition) is 3. The van der Waals surface area contributed by atoms with E-state index in [0.717, 1.165) is 38.5 Å². The minimum atomic E-state index is -4.32. The monoisotopic (exact) mass is 662 g/mol. The Morgan fingerprint density at radius 1 is 0.733 bits per heavy atom. The topological polar surface area (TPSA) is 105 Å². The van der Waals surface area contributed by atoms with Crippen molar-refractivity contribution in [3.8, 4) is 0 Å². The standard InChI is InChI=1S/C36H73N2O6P/c1-6-8-10-12-14-16-18-19-20-21-23-25-27-29-35(39)34(33-44-45(41,42)43-32-31-38(3,4)5)37-36(40)30-28-26-24-22-17-15-13-11-9-7-2/h27,29,34-35,39H,6-26,28,30-33H2,1-5H3,(H-,37,40,41,42)/p+1/b29-27+. The zero-order valence-corrected chi connectivity index (χ0v) is 31.0. The Labute approximate surface area is 278 Å². The highest BCUT2D eigenvalue weighted by molar-refractivity contribution is 7.47. The Morgan fingerprint density at radius 2 is 1.18 bits per heavy atom. The third-order valence-electron chi connectivity index (χ3n) is 8.26. The van der Waals surface area contributed by atoms with Crippen molar-refractivity contribution in [3.63, 3.8) is 0 Å². The number of likely N-dealkylation sites (N-methyl/N-ethyl adjacent to an activating group) is 1. The number of allylic oxidation sites excluding steroid dienone is 1. The van der Waals surface area contributed by atoms with Gasteiger partial charge in [0.05, 0.1) is 39.9 Å². The van der Waals surface area contributed by atoms with Crippen molar-refractivity contribution in [2.75, 3.05) is 40.9 Å². The minimum absolute atomic E-state index is 0.0639. The molecule has 0 heterocycles. The number of aliphatic hydroxyl groups excluding tert-OH is 1. The minimum Gasteiger partial charge on any atom is -0.387 e. The van der Waals surface area contributed by atoms with Gasteiger partial charge in [-0.25, -0.2) is 4.57 Å². The molecule has 3 atom stereocenters. The third kappa shape index (κ3) is 31.6. The lowest BCUT2D eigenvalue weighted by Crippen LogP contribution is -2.45. The summed E-state index contributed by atoms with van der Waals surface area (Å²) in [6.45, 7) is 4.77. The van der Waals surface area contributed by atoms with Crippen molar-refractivity contribution in [2.24, 2.45) is 0 Å². The van der Waals surface area contributed by atoms with E-state index in [9.17, 15) is 19.4 Å². The highest BCUT2D eigenvalue weighted by Gasteiger charge is 2.27. The molecule has 45 heavy (non-hydrogen) atoms. The number of phosphoric acid groups is 1. The molecule has 0 spiro atoms. The van der Waals surface area contributed by atoms with Crippen LogP contribution in [0.15, 0.2) is 12.2 Å². The number of rotatable bonds is 33. The van der Waals surface area contributed by atoms with E-state index in [4.69, 9.17) is 9.05 Å². The maximum atomic E-state index is 12.7. The molecule has 0 aliphatic heterocycles. The summed E-state index contributed by atoms with van der Waals surface area (Å²) in [7, 11) is 1.57. The van der Waals surface area contributed by atoms with Crippen LogP contribution in [-0.2, 0) is 18.4 Å². The van der Waals surface area contributed by atoms with Gasteiger partial charge >= 0.3 is 7.82 Å². The first-order valence-corrected chi connectivity index (χ1v) is 20.1. The number of hydrogen-bond acceptors (Lipinski definition) is 5. The van der Waals surface area contributed by atoms with Crippen molar-refractivity contribution >= 4 is 13.7 Å². The van der Waals surface area contributed by atoms with Gasteiger partial charge in [0.2, 0.25) is 5.91 Å². The molecule has 3 N–H and O–H groups in total. The summed E-state index contributed by atoms with van der Waals surface area (Å²) in [5.41, 5.74) is 0. The van der Waals surface area contributed by atoms with Gasteiger partial charge in [-0.2, -0.15) is 0 Å². The summed E-state index contributed by atoms with van der Waals surface area (Å²) in [5, 5.41) is 13.7. The van der Waals surface area contributed by atoms with Crippen molar-refractivity contribution in [2.45, 2.75) is 174 Å². The average molecular weight is 662 g/mol. The summed E-state index contributed by atoms with van der Waals surface area (Å²) in [6, 6.07) is -0.836. The van der Waals surface area contributed by atoms with E-state index in [2.05, 4.69) is 19.2 Å².